The molecule has 1 fully saturated rings. The van der Waals surface area contributed by atoms with E-state index in [1.54, 1.807) is 13.4 Å². The van der Waals surface area contributed by atoms with Gasteiger partial charge in [-0.15, -0.1) is 0 Å². The number of aromatic nitrogens is 2. The lowest BCUT2D eigenvalue weighted by Crippen LogP contribution is -2.25. The third-order valence-electron chi connectivity index (χ3n) is 4.80. The first-order chi connectivity index (χ1) is 13.8. The molecule has 0 unspecified atom stereocenters. The van der Waals surface area contributed by atoms with Gasteiger partial charge in [0.25, 0.3) is 0 Å². The molecule has 146 valence electrons. The fraction of sp³-hybridized carbons (Fsp3) is 0.333. The lowest BCUT2D eigenvalue weighted by Gasteiger charge is -2.23. The first-order valence-electron chi connectivity index (χ1n) is 9.39. The van der Waals surface area contributed by atoms with E-state index in [1.165, 1.54) is 0 Å². The topological polar surface area (TPSA) is 77.5 Å². The van der Waals surface area contributed by atoms with Crippen LogP contribution in [0.25, 0.3) is 10.9 Å². The highest BCUT2D eigenvalue weighted by molar-refractivity contribution is 5.96. The van der Waals surface area contributed by atoms with Crippen LogP contribution in [-0.4, -0.2) is 43.4 Å². The highest BCUT2D eigenvalue weighted by atomic mass is 16.5. The number of ether oxygens (including phenoxy) is 3. The second-order valence-electron chi connectivity index (χ2n) is 6.62. The number of anilines is 3. The minimum absolute atomic E-state index is 0.154. The van der Waals surface area contributed by atoms with Crippen molar-refractivity contribution in [3.05, 3.63) is 42.7 Å². The predicted molar refractivity (Wildman–Crippen MR) is 110 cm³/mol. The van der Waals surface area contributed by atoms with Crippen molar-refractivity contribution < 1.29 is 14.2 Å². The number of hydrogen-bond donors (Lipinski definition) is 2. The van der Waals surface area contributed by atoms with E-state index in [0.29, 0.717) is 11.6 Å². The zero-order chi connectivity index (χ0) is 19.3. The number of rotatable bonds is 6. The van der Waals surface area contributed by atoms with E-state index >= 15 is 0 Å². The molecule has 0 spiro atoms. The summed E-state index contributed by atoms with van der Waals surface area (Å²) in [5, 5.41) is 7.29. The van der Waals surface area contributed by atoms with Gasteiger partial charge in [-0.05, 0) is 24.3 Å². The SMILES string of the molecule is CNc1ccc(Nc2ncnc3cc(OC4CCOCC4)cc(OC)c23)cc1. The first-order valence-corrected chi connectivity index (χ1v) is 9.39. The molecule has 1 saturated heterocycles. The van der Waals surface area contributed by atoms with E-state index in [2.05, 4.69) is 20.6 Å². The summed E-state index contributed by atoms with van der Waals surface area (Å²) in [5.41, 5.74) is 2.75. The van der Waals surface area contributed by atoms with Gasteiger partial charge in [0.2, 0.25) is 0 Å². The molecule has 1 aromatic heterocycles. The Bertz CT molecular complexity index is 940. The second-order valence-corrected chi connectivity index (χ2v) is 6.62. The summed E-state index contributed by atoms with van der Waals surface area (Å²) in [6.45, 7) is 1.47. The summed E-state index contributed by atoms with van der Waals surface area (Å²) in [7, 11) is 3.54. The molecule has 0 aliphatic carbocycles. The molecule has 0 radical (unpaired) electrons. The van der Waals surface area contributed by atoms with E-state index < -0.39 is 0 Å². The molecule has 0 bridgehead atoms. The monoisotopic (exact) mass is 380 g/mol. The zero-order valence-electron chi connectivity index (χ0n) is 16.1. The number of fused-ring (bicyclic) bond motifs is 1. The van der Waals surface area contributed by atoms with Gasteiger partial charge in [-0.1, -0.05) is 0 Å². The van der Waals surface area contributed by atoms with E-state index in [4.69, 9.17) is 14.2 Å². The molecule has 0 saturated carbocycles. The summed E-state index contributed by atoms with van der Waals surface area (Å²) in [6.07, 6.45) is 3.48. The Kier molecular flexibility index (Phi) is 5.43. The molecule has 2 aromatic carbocycles. The summed E-state index contributed by atoms with van der Waals surface area (Å²) < 4.78 is 17.2. The molecule has 1 aliphatic rings. The minimum atomic E-state index is 0.154. The normalized spacial score (nSPS) is 14.6. The van der Waals surface area contributed by atoms with Gasteiger partial charge in [0.15, 0.2) is 0 Å². The van der Waals surface area contributed by atoms with Crippen LogP contribution in [0.5, 0.6) is 11.5 Å². The molecule has 0 amide bonds. The Morgan fingerprint density at radius 2 is 1.79 bits per heavy atom. The molecule has 7 heteroatoms. The van der Waals surface area contributed by atoms with E-state index in [0.717, 1.165) is 54.1 Å². The van der Waals surface area contributed by atoms with Crippen LogP contribution in [0, 0.1) is 0 Å². The number of hydrogen-bond acceptors (Lipinski definition) is 7. The van der Waals surface area contributed by atoms with E-state index in [9.17, 15) is 0 Å². The van der Waals surface area contributed by atoms with Gasteiger partial charge in [-0.2, -0.15) is 0 Å². The van der Waals surface area contributed by atoms with Gasteiger partial charge in [-0.3, -0.25) is 0 Å². The van der Waals surface area contributed by atoms with Crippen LogP contribution < -0.4 is 20.1 Å². The van der Waals surface area contributed by atoms with Crippen LogP contribution in [0.4, 0.5) is 17.2 Å². The average molecular weight is 380 g/mol. The van der Waals surface area contributed by atoms with Crippen molar-refractivity contribution in [3.8, 4) is 11.5 Å². The molecular weight excluding hydrogens is 356 g/mol. The Morgan fingerprint density at radius 1 is 1.04 bits per heavy atom. The summed E-state index contributed by atoms with van der Waals surface area (Å²) in [6, 6.07) is 11.8. The van der Waals surface area contributed by atoms with Crippen LogP contribution in [0.2, 0.25) is 0 Å². The molecule has 28 heavy (non-hydrogen) atoms. The van der Waals surface area contributed by atoms with E-state index in [1.807, 2.05) is 43.4 Å². The van der Waals surface area contributed by atoms with Gasteiger partial charge in [0.05, 0.1) is 31.2 Å². The Morgan fingerprint density at radius 3 is 2.50 bits per heavy atom. The largest absolute Gasteiger partial charge is 0.496 e. The maximum absolute atomic E-state index is 6.14. The van der Waals surface area contributed by atoms with Crippen molar-refractivity contribution in [2.75, 3.05) is 38.0 Å². The third-order valence-corrected chi connectivity index (χ3v) is 4.80. The summed E-state index contributed by atoms with van der Waals surface area (Å²) in [5.74, 6) is 2.12. The highest BCUT2D eigenvalue weighted by Gasteiger charge is 2.18. The van der Waals surface area contributed by atoms with Crippen LogP contribution in [0.3, 0.4) is 0 Å². The molecule has 7 nitrogen and oxygen atoms in total. The molecule has 2 heterocycles. The first kappa shape index (κ1) is 18.3. The van der Waals surface area contributed by atoms with Crippen LogP contribution in [-0.2, 0) is 4.74 Å². The molecular formula is C21H24N4O3. The minimum Gasteiger partial charge on any atom is -0.496 e. The molecule has 4 rings (SSSR count). The molecule has 2 N–H and O–H groups in total. The van der Waals surface area contributed by atoms with Crippen molar-refractivity contribution in [3.63, 3.8) is 0 Å². The molecule has 0 atom stereocenters. The molecule has 3 aromatic rings. The maximum atomic E-state index is 6.14. The third kappa shape index (κ3) is 3.94. The van der Waals surface area contributed by atoms with Crippen molar-refractivity contribution in [2.45, 2.75) is 18.9 Å². The number of nitrogens with one attached hydrogen (secondary N) is 2. The van der Waals surface area contributed by atoms with Crippen molar-refractivity contribution >= 4 is 28.1 Å². The quantitative estimate of drug-likeness (QED) is 0.670. The number of nitrogens with zero attached hydrogens (tertiary/aromatic N) is 2. The average Bonchev–Trinajstić information content (AvgIpc) is 2.74. The maximum Gasteiger partial charge on any atom is 0.145 e. The van der Waals surface area contributed by atoms with Crippen LogP contribution in [0.15, 0.2) is 42.7 Å². The van der Waals surface area contributed by atoms with Crippen molar-refractivity contribution in [1.82, 2.24) is 9.97 Å². The fourth-order valence-electron chi connectivity index (χ4n) is 3.30. The lowest BCUT2D eigenvalue weighted by atomic mass is 10.1. The Balaban J connectivity index is 1.65. The Labute approximate surface area is 164 Å². The van der Waals surface area contributed by atoms with Gasteiger partial charge in [0, 0.05) is 43.4 Å². The van der Waals surface area contributed by atoms with Crippen molar-refractivity contribution in [1.29, 1.82) is 0 Å². The predicted octanol–water partition coefficient (Wildman–Crippen LogP) is 3.98. The number of methoxy groups -OCH3 is 1. The Hall–Kier alpha value is -3.06. The summed E-state index contributed by atoms with van der Waals surface area (Å²) >= 11 is 0. The number of benzene rings is 2. The smallest absolute Gasteiger partial charge is 0.145 e. The standard InChI is InChI=1S/C21H24N4O3/c1-22-14-3-5-15(6-4-14)25-21-20-18(23-13-24-21)11-17(12-19(20)26-2)28-16-7-9-27-10-8-16/h3-6,11-13,16,22H,7-10H2,1-2H3,(H,23,24,25). The second kappa shape index (κ2) is 8.31. The molecule has 1 aliphatic heterocycles. The van der Waals surface area contributed by atoms with Crippen LogP contribution >= 0.6 is 0 Å². The van der Waals surface area contributed by atoms with Gasteiger partial charge in [-0.25, -0.2) is 9.97 Å². The van der Waals surface area contributed by atoms with Crippen molar-refractivity contribution in [2.24, 2.45) is 0 Å². The lowest BCUT2D eigenvalue weighted by molar-refractivity contribution is 0.0255. The van der Waals surface area contributed by atoms with Gasteiger partial charge >= 0.3 is 0 Å². The highest BCUT2D eigenvalue weighted by Crippen LogP contribution is 2.36. The summed E-state index contributed by atoms with van der Waals surface area (Å²) in [4.78, 5) is 8.85. The van der Waals surface area contributed by atoms with E-state index in [-0.39, 0.29) is 6.10 Å². The zero-order valence-corrected chi connectivity index (χ0v) is 16.1. The fourth-order valence-corrected chi connectivity index (χ4v) is 3.30. The van der Waals surface area contributed by atoms with Crippen LogP contribution in [0.1, 0.15) is 12.8 Å². The van der Waals surface area contributed by atoms with Gasteiger partial charge in [0.1, 0.15) is 29.7 Å². The van der Waals surface area contributed by atoms with Gasteiger partial charge < -0.3 is 24.8 Å².